The fourth-order valence-corrected chi connectivity index (χ4v) is 2.43. The van der Waals surface area contributed by atoms with Gasteiger partial charge in [-0.2, -0.15) is 0 Å². The molecule has 7 nitrogen and oxygen atoms in total. The van der Waals surface area contributed by atoms with Crippen molar-refractivity contribution in [1.82, 2.24) is 10.2 Å². The Kier molecular flexibility index (Phi) is 3.49. The van der Waals surface area contributed by atoms with Crippen molar-refractivity contribution in [3.05, 3.63) is 29.3 Å². The number of carbonyl (C=O) groups is 1. The van der Waals surface area contributed by atoms with Gasteiger partial charge in [-0.3, -0.25) is 4.79 Å². The lowest BCUT2D eigenvalue weighted by atomic mass is 10.3. The van der Waals surface area contributed by atoms with E-state index in [2.05, 4.69) is 15.5 Å². The van der Waals surface area contributed by atoms with Gasteiger partial charge >= 0.3 is 0 Å². The Morgan fingerprint density at radius 1 is 1.26 bits per heavy atom. The van der Waals surface area contributed by atoms with Gasteiger partial charge in [-0.15, -0.1) is 10.2 Å². The van der Waals surface area contributed by atoms with Crippen LogP contribution in [0, 0.1) is 0 Å². The molecule has 1 aromatic heterocycles. The molecule has 0 saturated heterocycles. The summed E-state index contributed by atoms with van der Waals surface area (Å²) in [4.78, 5) is 11.9. The van der Waals surface area contributed by atoms with Crippen LogP contribution in [0.25, 0.3) is 0 Å². The fourth-order valence-electron chi connectivity index (χ4n) is 1.30. The first kappa shape index (κ1) is 13.4. The lowest BCUT2D eigenvalue weighted by Crippen LogP contribution is -2.11. The normalized spacial score (nSPS) is 11.2. The van der Waals surface area contributed by atoms with Crippen molar-refractivity contribution >= 4 is 37.9 Å². The van der Waals surface area contributed by atoms with E-state index in [9.17, 15) is 13.2 Å². The Morgan fingerprint density at radius 3 is 2.37 bits per heavy atom. The molecule has 0 aliphatic rings. The molecule has 0 aliphatic carbocycles. The number of hydrogen-bond acceptors (Lipinski definition) is 7. The predicted molar refractivity (Wildman–Crippen MR) is 71.8 cm³/mol. The second-order valence-electron chi connectivity index (χ2n) is 3.70. The van der Waals surface area contributed by atoms with Gasteiger partial charge in [-0.25, -0.2) is 8.42 Å². The minimum atomic E-state index is -3.25. The Labute approximate surface area is 113 Å². The second kappa shape index (κ2) is 4.94. The molecule has 1 heterocycles. The van der Waals surface area contributed by atoms with Crippen molar-refractivity contribution in [2.75, 3.05) is 17.3 Å². The molecule has 2 rings (SSSR count). The SMILES string of the molecule is CS(=O)(=O)c1ccc(NC(=O)c2nnc(N)s2)cc1. The van der Waals surface area contributed by atoms with E-state index in [1.807, 2.05) is 0 Å². The van der Waals surface area contributed by atoms with E-state index >= 15 is 0 Å². The average Bonchev–Trinajstić information content (AvgIpc) is 2.75. The molecule has 100 valence electrons. The molecule has 3 N–H and O–H groups in total. The van der Waals surface area contributed by atoms with Crippen LogP contribution in [0.3, 0.4) is 0 Å². The number of sulfone groups is 1. The van der Waals surface area contributed by atoms with Crippen molar-refractivity contribution in [3.8, 4) is 0 Å². The summed E-state index contributed by atoms with van der Waals surface area (Å²) in [6, 6.07) is 5.83. The van der Waals surface area contributed by atoms with Crippen LogP contribution in [0.1, 0.15) is 9.80 Å². The first-order valence-corrected chi connectivity index (χ1v) is 7.77. The number of carbonyl (C=O) groups excluding carboxylic acids is 1. The van der Waals surface area contributed by atoms with E-state index < -0.39 is 15.7 Å². The summed E-state index contributed by atoms with van der Waals surface area (Å²) in [6.07, 6.45) is 1.12. The molecule has 0 bridgehead atoms. The molecular formula is C10H10N4O3S2. The van der Waals surface area contributed by atoms with Crippen LogP contribution >= 0.6 is 11.3 Å². The minimum absolute atomic E-state index is 0.143. The summed E-state index contributed by atoms with van der Waals surface area (Å²) >= 11 is 0.970. The monoisotopic (exact) mass is 298 g/mol. The number of amides is 1. The quantitative estimate of drug-likeness (QED) is 0.865. The molecular weight excluding hydrogens is 288 g/mol. The van der Waals surface area contributed by atoms with Crippen LogP contribution in [0.15, 0.2) is 29.2 Å². The Bertz CT molecular complexity index is 707. The van der Waals surface area contributed by atoms with Gasteiger partial charge in [0.1, 0.15) is 0 Å². The number of nitrogens with two attached hydrogens (primary N) is 1. The highest BCUT2D eigenvalue weighted by molar-refractivity contribution is 7.90. The standard InChI is InChI=1S/C10H10N4O3S2/c1-19(16,17)7-4-2-6(3-5-7)12-8(15)9-13-14-10(11)18-9/h2-5H,1H3,(H2,11,14)(H,12,15). The van der Waals surface area contributed by atoms with Crippen LogP contribution in [0.5, 0.6) is 0 Å². The maximum atomic E-state index is 11.7. The third kappa shape index (κ3) is 3.26. The number of benzene rings is 1. The maximum absolute atomic E-state index is 11.7. The molecule has 0 spiro atoms. The van der Waals surface area contributed by atoms with Gasteiger partial charge < -0.3 is 11.1 Å². The minimum Gasteiger partial charge on any atom is -0.374 e. The number of aromatic nitrogens is 2. The van der Waals surface area contributed by atoms with Crippen molar-refractivity contribution in [2.45, 2.75) is 4.90 Å². The van der Waals surface area contributed by atoms with Crippen LogP contribution in [-0.2, 0) is 9.84 Å². The van der Waals surface area contributed by atoms with E-state index in [1.54, 1.807) is 0 Å². The lowest BCUT2D eigenvalue weighted by Gasteiger charge is -2.03. The second-order valence-corrected chi connectivity index (χ2v) is 6.72. The number of nitrogens with one attached hydrogen (secondary N) is 1. The van der Waals surface area contributed by atoms with Crippen molar-refractivity contribution in [3.63, 3.8) is 0 Å². The first-order valence-electron chi connectivity index (χ1n) is 5.07. The first-order chi connectivity index (χ1) is 8.86. The molecule has 0 radical (unpaired) electrons. The number of rotatable bonds is 3. The van der Waals surface area contributed by atoms with E-state index in [0.717, 1.165) is 17.6 Å². The fraction of sp³-hybridized carbons (Fsp3) is 0.100. The van der Waals surface area contributed by atoms with E-state index in [1.165, 1.54) is 24.3 Å². The van der Waals surface area contributed by atoms with Crippen LogP contribution in [-0.4, -0.2) is 30.8 Å². The van der Waals surface area contributed by atoms with Gasteiger partial charge in [0.05, 0.1) is 4.90 Å². The summed E-state index contributed by atoms with van der Waals surface area (Å²) < 4.78 is 22.5. The number of nitrogen functional groups attached to an aromatic ring is 1. The summed E-state index contributed by atoms with van der Waals surface area (Å²) in [6.45, 7) is 0. The zero-order valence-electron chi connectivity index (χ0n) is 9.82. The zero-order valence-corrected chi connectivity index (χ0v) is 11.5. The van der Waals surface area contributed by atoms with Gasteiger partial charge in [-0.05, 0) is 24.3 Å². The lowest BCUT2D eigenvalue weighted by molar-refractivity contribution is 0.102. The van der Waals surface area contributed by atoms with Crippen molar-refractivity contribution in [2.24, 2.45) is 0 Å². The number of anilines is 2. The molecule has 0 fully saturated rings. The van der Waals surface area contributed by atoms with Gasteiger partial charge in [0.15, 0.2) is 9.84 Å². The highest BCUT2D eigenvalue weighted by Crippen LogP contribution is 2.16. The smallest absolute Gasteiger partial charge is 0.286 e. The van der Waals surface area contributed by atoms with Crippen LogP contribution in [0.4, 0.5) is 10.8 Å². The highest BCUT2D eigenvalue weighted by Gasteiger charge is 2.12. The largest absolute Gasteiger partial charge is 0.374 e. The molecule has 19 heavy (non-hydrogen) atoms. The van der Waals surface area contributed by atoms with Crippen molar-refractivity contribution < 1.29 is 13.2 Å². The van der Waals surface area contributed by atoms with Crippen LogP contribution < -0.4 is 11.1 Å². The van der Waals surface area contributed by atoms with E-state index in [-0.39, 0.29) is 15.0 Å². The molecule has 0 saturated carbocycles. The third-order valence-corrected chi connectivity index (χ3v) is 4.05. The Hall–Kier alpha value is -2.00. The maximum Gasteiger partial charge on any atom is 0.286 e. The van der Waals surface area contributed by atoms with Gasteiger partial charge in [-0.1, -0.05) is 11.3 Å². The molecule has 1 amide bonds. The van der Waals surface area contributed by atoms with E-state index in [0.29, 0.717) is 5.69 Å². The molecule has 1 aromatic carbocycles. The summed E-state index contributed by atoms with van der Waals surface area (Å²) in [5, 5.41) is 10.1. The Balaban J connectivity index is 2.14. The number of nitrogens with zero attached hydrogens (tertiary/aromatic N) is 2. The summed E-state index contributed by atoms with van der Waals surface area (Å²) in [5.74, 6) is -0.443. The topological polar surface area (TPSA) is 115 Å². The Morgan fingerprint density at radius 2 is 1.89 bits per heavy atom. The molecule has 0 unspecified atom stereocenters. The average molecular weight is 298 g/mol. The van der Waals surface area contributed by atoms with Gasteiger partial charge in [0.25, 0.3) is 5.91 Å². The van der Waals surface area contributed by atoms with Gasteiger partial charge in [0, 0.05) is 11.9 Å². The highest BCUT2D eigenvalue weighted by atomic mass is 32.2. The molecule has 0 aliphatic heterocycles. The molecule has 0 atom stereocenters. The van der Waals surface area contributed by atoms with E-state index in [4.69, 9.17) is 5.73 Å². The summed E-state index contributed by atoms with van der Waals surface area (Å²) in [5.41, 5.74) is 5.84. The van der Waals surface area contributed by atoms with Crippen LogP contribution in [0.2, 0.25) is 0 Å². The zero-order chi connectivity index (χ0) is 14.0. The summed E-state index contributed by atoms with van der Waals surface area (Å²) in [7, 11) is -3.25. The predicted octanol–water partition coefficient (Wildman–Crippen LogP) is 0.776. The molecule has 2 aromatic rings. The van der Waals surface area contributed by atoms with Crippen molar-refractivity contribution in [1.29, 1.82) is 0 Å². The molecule has 9 heteroatoms. The third-order valence-electron chi connectivity index (χ3n) is 2.18. The van der Waals surface area contributed by atoms with Gasteiger partial charge in [0.2, 0.25) is 10.1 Å². The number of hydrogen-bond donors (Lipinski definition) is 2.